The molecule has 1 amide bonds. The van der Waals surface area contributed by atoms with Crippen molar-refractivity contribution in [2.75, 3.05) is 5.32 Å². The van der Waals surface area contributed by atoms with Gasteiger partial charge in [-0.3, -0.25) is 23.5 Å². The number of pyridine rings is 1. The number of nitrogens with zero attached hydrogens (tertiary/aromatic N) is 5. The summed E-state index contributed by atoms with van der Waals surface area (Å²) in [5.41, 5.74) is -0.718. The van der Waals surface area contributed by atoms with Crippen LogP contribution >= 0.6 is 0 Å². The Hall–Kier alpha value is -5.76. The molecule has 5 rings (SSSR count). The summed E-state index contributed by atoms with van der Waals surface area (Å²) in [6.45, 7) is 1.65. The molecule has 0 saturated heterocycles. The largest absolute Gasteiger partial charge is 0.435 e. The minimum Gasteiger partial charge on any atom is -0.435 e. The predicted molar refractivity (Wildman–Crippen MR) is 146 cm³/mol. The lowest BCUT2D eigenvalue weighted by molar-refractivity contribution is -0.112. The van der Waals surface area contributed by atoms with Crippen LogP contribution in [0.3, 0.4) is 0 Å². The average molecular weight is 537 g/mol. The maximum absolute atomic E-state index is 14.4. The Kier molecular flexibility index (Phi) is 6.82. The maximum atomic E-state index is 14.4. The maximum Gasteiger partial charge on any atom is 0.295 e. The van der Waals surface area contributed by atoms with Crippen molar-refractivity contribution < 1.29 is 13.9 Å². The summed E-state index contributed by atoms with van der Waals surface area (Å²) >= 11 is 0. The van der Waals surface area contributed by atoms with Crippen LogP contribution in [0.2, 0.25) is 0 Å². The number of hydrogen-bond acceptors (Lipinski definition) is 6. The molecule has 0 aliphatic carbocycles. The summed E-state index contributed by atoms with van der Waals surface area (Å²) in [5, 5.41) is 12.3. The van der Waals surface area contributed by atoms with Gasteiger partial charge in [-0.15, -0.1) is 0 Å². The standard InChI is InChI=1S/C29H21FN6O4/c1-18-25(29(39)36(34(18)2)20-10-4-3-5-11-20)33-26(37)19(17-31)16-21-27(40-23-13-7-6-12-22(23)30)32-24-14-8-9-15-35(24)28(21)38/h3-16H,1-2H3,(H,33,37)/b19-16+. The van der Waals surface area contributed by atoms with Gasteiger partial charge in [0.2, 0.25) is 5.88 Å². The second kappa shape index (κ2) is 10.5. The van der Waals surface area contributed by atoms with Gasteiger partial charge >= 0.3 is 0 Å². The first-order chi connectivity index (χ1) is 19.3. The highest BCUT2D eigenvalue weighted by Gasteiger charge is 2.22. The lowest BCUT2D eigenvalue weighted by atomic mass is 10.1. The first-order valence-corrected chi connectivity index (χ1v) is 12.0. The number of nitrogens with one attached hydrogen (secondary N) is 1. The highest BCUT2D eigenvalue weighted by Crippen LogP contribution is 2.26. The Morgan fingerprint density at radius 3 is 2.45 bits per heavy atom. The summed E-state index contributed by atoms with van der Waals surface area (Å²) < 4.78 is 24.1. The molecule has 0 aliphatic rings. The number of rotatable bonds is 6. The molecule has 5 aromatic rings. The predicted octanol–water partition coefficient (Wildman–Crippen LogP) is 3.97. The van der Waals surface area contributed by atoms with Gasteiger partial charge in [0.25, 0.3) is 17.0 Å². The van der Waals surface area contributed by atoms with Crippen molar-refractivity contribution in [2.45, 2.75) is 6.92 Å². The van der Waals surface area contributed by atoms with E-state index in [0.717, 1.165) is 6.08 Å². The van der Waals surface area contributed by atoms with Crippen molar-refractivity contribution in [3.05, 3.63) is 122 Å². The zero-order chi connectivity index (χ0) is 28.4. The summed E-state index contributed by atoms with van der Waals surface area (Å²) in [5.74, 6) is -2.12. The summed E-state index contributed by atoms with van der Waals surface area (Å²) in [7, 11) is 1.66. The molecule has 0 radical (unpaired) electrons. The number of para-hydroxylation sites is 2. The Morgan fingerprint density at radius 1 is 1.02 bits per heavy atom. The molecule has 3 aromatic heterocycles. The zero-order valence-electron chi connectivity index (χ0n) is 21.3. The van der Waals surface area contributed by atoms with Crippen molar-refractivity contribution >= 4 is 23.3 Å². The van der Waals surface area contributed by atoms with E-state index in [2.05, 4.69) is 10.3 Å². The average Bonchev–Trinajstić information content (AvgIpc) is 3.17. The normalized spacial score (nSPS) is 11.3. The molecule has 198 valence electrons. The molecule has 0 bridgehead atoms. The number of carbonyl (C=O) groups is 1. The summed E-state index contributed by atoms with van der Waals surface area (Å²) in [6, 6.07) is 21.0. The molecule has 0 aliphatic heterocycles. The zero-order valence-corrected chi connectivity index (χ0v) is 21.3. The number of ether oxygens (including phenoxy) is 1. The van der Waals surface area contributed by atoms with Gasteiger partial charge < -0.3 is 10.1 Å². The van der Waals surface area contributed by atoms with Crippen LogP contribution in [-0.4, -0.2) is 24.7 Å². The lowest BCUT2D eigenvalue weighted by Crippen LogP contribution is -2.24. The van der Waals surface area contributed by atoms with E-state index in [4.69, 9.17) is 4.74 Å². The minimum atomic E-state index is -0.928. The van der Waals surface area contributed by atoms with Gasteiger partial charge in [0.05, 0.1) is 11.4 Å². The molecule has 2 aromatic carbocycles. The van der Waals surface area contributed by atoms with E-state index in [9.17, 15) is 24.0 Å². The quantitative estimate of drug-likeness (QED) is 0.259. The number of anilines is 1. The number of carbonyl (C=O) groups excluding carboxylic acids is 1. The third-order valence-corrected chi connectivity index (χ3v) is 6.22. The van der Waals surface area contributed by atoms with Crippen LogP contribution in [0.5, 0.6) is 11.6 Å². The smallest absolute Gasteiger partial charge is 0.295 e. The fraction of sp³-hybridized carbons (Fsp3) is 0.0690. The molecule has 0 saturated carbocycles. The van der Waals surface area contributed by atoms with Crippen LogP contribution in [0.25, 0.3) is 17.4 Å². The number of aromatic nitrogens is 4. The number of fused-ring (bicyclic) bond motifs is 1. The summed E-state index contributed by atoms with van der Waals surface area (Å²) in [6.07, 6.45) is 2.47. The Morgan fingerprint density at radius 2 is 1.73 bits per heavy atom. The molecule has 3 heterocycles. The van der Waals surface area contributed by atoms with E-state index in [0.29, 0.717) is 11.4 Å². The van der Waals surface area contributed by atoms with E-state index in [1.54, 1.807) is 73.3 Å². The van der Waals surface area contributed by atoms with Crippen LogP contribution in [-0.2, 0) is 11.8 Å². The fourth-order valence-corrected chi connectivity index (χ4v) is 4.10. The molecular weight excluding hydrogens is 515 g/mol. The second-order valence-corrected chi connectivity index (χ2v) is 8.66. The van der Waals surface area contributed by atoms with Crippen LogP contribution in [0, 0.1) is 24.1 Å². The first-order valence-electron chi connectivity index (χ1n) is 12.0. The molecule has 0 unspecified atom stereocenters. The van der Waals surface area contributed by atoms with Gasteiger partial charge in [-0.25, -0.2) is 9.07 Å². The van der Waals surface area contributed by atoms with Gasteiger partial charge in [-0.05, 0) is 49.4 Å². The minimum absolute atomic E-state index is 0.0336. The van der Waals surface area contributed by atoms with Crippen molar-refractivity contribution in [2.24, 2.45) is 7.05 Å². The van der Waals surface area contributed by atoms with E-state index in [-0.39, 0.29) is 28.5 Å². The van der Waals surface area contributed by atoms with E-state index in [1.807, 2.05) is 6.07 Å². The van der Waals surface area contributed by atoms with Gasteiger partial charge in [0, 0.05) is 13.2 Å². The van der Waals surface area contributed by atoms with E-state index >= 15 is 0 Å². The fourth-order valence-electron chi connectivity index (χ4n) is 4.10. The Labute approximate surface area is 226 Å². The van der Waals surface area contributed by atoms with Crippen LogP contribution in [0.15, 0.2) is 94.2 Å². The number of nitriles is 1. The van der Waals surface area contributed by atoms with Gasteiger partial charge in [-0.1, -0.05) is 36.4 Å². The van der Waals surface area contributed by atoms with Crippen molar-refractivity contribution in [1.82, 2.24) is 18.7 Å². The SMILES string of the molecule is Cc1c(NC(=O)/C(C#N)=C/c2c(Oc3ccccc3F)nc3ccccn3c2=O)c(=O)n(-c2ccccc2)n1C. The molecule has 11 heteroatoms. The molecule has 0 atom stereocenters. The highest BCUT2D eigenvalue weighted by molar-refractivity contribution is 6.10. The number of hydrogen-bond donors (Lipinski definition) is 1. The summed E-state index contributed by atoms with van der Waals surface area (Å²) in [4.78, 5) is 44.1. The highest BCUT2D eigenvalue weighted by atomic mass is 19.1. The van der Waals surface area contributed by atoms with Gasteiger partial charge in [-0.2, -0.15) is 10.2 Å². The molecule has 40 heavy (non-hydrogen) atoms. The third kappa shape index (κ3) is 4.65. The van der Waals surface area contributed by atoms with Crippen LogP contribution in [0.4, 0.5) is 10.1 Å². The van der Waals surface area contributed by atoms with Gasteiger partial charge in [0.15, 0.2) is 11.6 Å². The lowest BCUT2D eigenvalue weighted by Gasteiger charge is -2.11. The molecule has 10 nitrogen and oxygen atoms in total. The van der Waals surface area contributed by atoms with E-state index in [1.165, 1.54) is 33.5 Å². The first kappa shape index (κ1) is 25.9. The van der Waals surface area contributed by atoms with Gasteiger partial charge in [0.1, 0.15) is 28.5 Å². The van der Waals surface area contributed by atoms with E-state index < -0.39 is 28.4 Å². The molecule has 0 spiro atoms. The van der Waals surface area contributed by atoms with Crippen LogP contribution < -0.4 is 21.2 Å². The van der Waals surface area contributed by atoms with Crippen molar-refractivity contribution in [3.63, 3.8) is 0 Å². The van der Waals surface area contributed by atoms with Crippen molar-refractivity contribution in [1.29, 1.82) is 5.26 Å². The Balaban J connectivity index is 1.58. The topological polar surface area (TPSA) is 123 Å². The third-order valence-electron chi connectivity index (χ3n) is 6.22. The molecule has 0 fully saturated rings. The number of amides is 1. The monoisotopic (exact) mass is 536 g/mol. The number of benzene rings is 2. The Bertz CT molecular complexity index is 1970. The second-order valence-electron chi connectivity index (χ2n) is 8.66. The van der Waals surface area contributed by atoms with Crippen LogP contribution in [0.1, 0.15) is 11.3 Å². The molecular formula is C29H21FN6O4. The number of halogens is 1. The molecule has 1 N–H and O–H groups in total. The van der Waals surface area contributed by atoms with Crippen molar-refractivity contribution in [3.8, 4) is 23.4 Å².